The lowest BCUT2D eigenvalue weighted by Crippen LogP contribution is -2.42. The predicted octanol–water partition coefficient (Wildman–Crippen LogP) is 3.34. The highest BCUT2D eigenvalue weighted by Gasteiger charge is 2.34. The van der Waals surface area contributed by atoms with Crippen molar-refractivity contribution in [2.24, 2.45) is 5.92 Å². The highest BCUT2D eigenvalue weighted by atomic mass is 32.2. The van der Waals surface area contributed by atoms with Gasteiger partial charge in [-0.1, -0.05) is 29.8 Å². The first-order valence-electron chi connectivity index (χ1n) is 10.9. The van der Waals surface area contributed by atoms with Gasteiger partial charge in [0.1, 0.15) is 5.82 Å². The zero-order valence-electron chi connectivity index (χ0n) is 19.0. The summed E-state index contributed by atoms with van der Waals surface area (Å²) in [5.74, 6) is -1.81. The van der Waals surface area contributed by atoms with Crippen LogP contribution < -0.4 is 5.32 Å². The van der Waals surface area contributed by atoms with E-state index in [-0.39, 0.29) is 29.8 Å². The van der Waals surface area contributed by atoms with Crippen LogP contribution in [0.1, 0.15) is 43.9 Å². The van der Waals surface area contributed by atoms with Gasteiger partial charge in [0.05, 0.1) is 16.9 Å². The van der Waals surface area contributed by atoms with Crippen LogP contribution in [0, 0.1) is 18.7 Å². The van der Waals surface area contributed by atoms with Crippen LogP contribution in [0.2, 0.25) is 0 Å². The number of sulfonamides is 1. The third kappa shape index (κ3) is 6.17. The topological polar surface area (TPSA) is 92.8 Å². The molecule has 1 fully saturated rings. The fraction of sp³-hybridized carbons (Fsp3) is 0.417. The van der Waals surface area contributed by atoms with E-state index in [0.717, 1.165) is 11.1 Å². The van der Waals surface area contributed by atoms with E-state index in [9.17, 15) is 22.4 Å². The second kappa shape index (κ2) is 10.4. The summed E-state index contributed by atoms with van der Waals surface area (Å²) in [7, 11) is -3.61. The van der Waals surface area contributed by atoms with Gasteiger partial charge < -0.3 is 10.1 Å². The maximum Gasteiger partial charge on any atom is 0.309 e. The second-order valence-electron chi connectivity index (χ2n) is 8.35. The van der Waals surface area contributed by atoms with Crippen LogP contribution in [0.3, 0.4) is 0 Å². The summed E-state index contributed by atoms with van der Waals surface area (Å²) in [6.07, 6.45) is -0.358. The number of carbonyl (C=O) groups excluding carboxylic acids is 2. The standard InChI is InChI=1S/C24H29FN2O5S/c1-16-4-10-22(11-5-16)33(30,31)27-14-12-20(13-15-27)24(29)32-18(3)23(28)26-17(2)19-6-8-21(25)9-7-19/h4-11,17-18,20H,12-15H2,1-3H3,(H,26,28). The molecule has 2 unspecified atom stereocenters. The molecular weight excluding hydrogens is 447 g/mol. The first kappa shape index (κ1) is 24.9. The molecule has 0 spiro atoms. The van der Waals surface area contributed by atoms with E-state index >= 15 is 0 Å². The Morgan fingerprint density at radius 1 is 1.03 bits per heavy atom. The molecule has 2 atom stereocenters. The number of halogens is 1. The third-order valence-corrected chi connectivity index (χ3v) is 7.75. The van der Waals surface area contributed by atoms with Gasteiger partial charge in [0.25, 0.3) is 5.91 Å². The number of benzene rings is 2. The molecule has 9 heteroatoms. The van der Waals surface area contributed by atoms with Crippen LogP contribution in [-0.2, 0) is 24.3 Å². The number of aryl methyl sites for hydroxylation is 1. The van der Waals surface area contributed by atoms with Crippen molar-refractivity contribution in [3.63, 3.8) is 0 Å². The van der Waals surface area contributed by atoms with Gasteiger partial charge >= 0.3 is 5.97 Å². The molecule has 1 aliphatic rings. The van der Waals surface area contributed by atoms with Gasteiger partial charge in [-0.05, 0) is 63.4 Å². The Labute approximate surface area is 194 Å². The number of hydrogen-bond donors (Lipinski definition) is 1. The maximum absolute atomic E-state index is 13.1. The van der Waals surface area contributed by atoms with Gasteiger partial charge in [-0.25, -0.2) is 12.8 Å². The number of rotatable bonds is 7. The van der Waals surface area contributed by atoms with E-state index in [1.807, 2.05) is 6.92 Å². The zero-order chi connectivity index (χ0) is 24.2. The number of amides is 1. The minimum atomic E-state index is -3.61. The summed E-state index contributed by atoms with van der Waals surface area (Å²) in [6, 6.07) is 12.1. The first-order chi connectivity index (χ1) is 15.6. The van der Waals surface area contributed by atoms with E-state index in [1.54, 1.807) is 43.3 Å². The molecule has 1 aliphatic heterocycles. The molecule has 0 aliphatic carbocycles. The van der Waals surface area contributed by atoms with E-state index in [2.05, 4.69) is 5.32 Å². The third-order valence-electron chi connectivity index (χ3n) is 5.84. The van der Waals surface area contributed by atoms with Crippen LogP contribution in [0.15, 0.2) is 53.4 Å². The molecule has 2 aromatic carbocycles. The van der Waals surface area contributed by atoms with Gasteiger partial charge in [0, 0.05) is 13.1 Å². The molecule has 3 rings (SSSR count). The number of carbonyl (C=O) groups is 2. The Bertz CT molecular complexity index is 1080. The van der Waals surface area contributed by atoms with Crippen molar-refractivity contribution in [2.75, 3.05) is 13.1 Å². The highest BCUT2D eigenvalue weighted by molar-refractivity contribution is 7.89. The lowest BCUT2D eigenvalue weighted by Gasteiger charge is -2.30. The minimum Gasteiger partial charge on any atom is -0.452 e. The number of ether oxygens (including phenoxy) is 1. The Kier molecular flexibility index (Phi) is 7.86. The second-order valence-corrected chi connectivity index (χ2v) is 10.3. The van der Waals surface area contributed by atoms with Gasteiger partial charge in [0.15, 0.2) is 6.10 Å². The van der Waals surface area contributed by atoms with Crippen molar-refractivity contribution >= 4 is 21.9 Å². The van der Waals surface area contributed by atoms with Crippen molar-refractivity contribution in [1.82, 2.24) is 9.62 Å². The lowest BCUT2D eigenvalue weighted by molar-refractivity contribution is -0.160. The summed E-state index contributed by atoms with van der Waals surface area (Å²) >= 11 is 0. The SMILES string of the molecule is Cc1ccc(S(=O)(=O)N2CCC(C(=O)OC(C)C(=O)NC(C)c3ccc(F)cc3)CC2)cc1. The van der Waals surface area contributed by atoms with E-state index in [0.29, 0.717) is 12.8 Å². The molecule has 0 radical (unpaired) electrons. The van der Waals surface area contributed by atoms with Crippen LogP contribution >= 0.6 is 0 Å². The fourth-order valence-corrected chi connectivity index (χ4v) is 5.15. The number of nitrogens with one attached hydrogen (secondary N) is 1. The molecule has 1 saturated heterocycles. The van der Waals surface area contributed by atoms with Crippen molar-refractivity contribution in [1.29, 1.82) is 0 Å². The van der Waals surface area contributed by atoms with Crippen LogP contribution in [0.25, 0.3) is 0 Å². The van der Waals surface area contributed by atoms with E-state index < -0.39 is 33.9 Å². The molecule has 0 aromatic heterocycles. The van der Waals surface area contributed by atoms with Crippen molar-refractivity contribution < 1.29 is 27.1 Å². The van der Waals surface area contributed by atoms with Gasteiger partial charge in [-0.3, -0.25) is 9.59 Å². The normalized spacial score (nSPS) is 17.2. The van der Waals surface area contributed by atoms with Gasteiger partial charge in [0.2, 0.25) is 10.0 Å². The number of nitrogens with zero attached hydrogens (tertiary/aromatic N) is 1. The molecule has 7 nitrogen and oxygen atoms in total. The molecule has 33 heavy (non-hydrogen) atoms. The monoisotopic (exact) mass is 476 g/mol. The number of piperidine rings is 1. The largest absolute Gasteiger partial charge is 0.452 e. The molecule has 2 aromatic rings. The number of hydrogen-bond acceptors (Lipinski definition) is 5. The summed E-state index contributed by atoms with van der Waals surface area (Å²) in [5, 5.41) is 2.75. The van der Waals surface area contributed by atoms with Gasteiger partial charge in [-0.2, -0.15) is 4.31 Å². The Hall–Kier alpha value is -2.78. The van der Waals surface area contributed by atoms with E-state index in [1.165, 1.54) is 23.4 Å². The lowest BCUT2D eigenvalue weighted by atomic mass is 9.98. The van der Waals surface area contributed by atoms with Crippen LogP contribution in [-0.4, -0.2) is 43.8 Å². The van der Waals surface area contributed by atoms with Crippen LogP contribution in [0.4, 0.5) is 4.39 Å². The predicted molar refractivity (Wildman–Crippen MR) is 121 cm³/mol. The molecule has 0 bridgehead atoms. The summed E-state index contributed by atoms with van der Waals surface area (Å²) in [5.41, 5.74) is 1.70. The Morgan fingerprint density at radius 2 is 1.61 bits per heavy atom. The molecule has 1 amide bonds. The Balaban J connectivity index is 1.50. The van der Waals surface area contributed by atoms with Crippen molar-refractivity contribution in [3.8, 4) is 0 Å². The quantitative estimate of drug-likeness (QED) is 0.619. The van der Waals surface area contributed by atoms with E-state index in [4.69, 9.17) is 4.74 Å². The maximum atomic E-state index is 13.1. The minimum absolute atomic E-state index is 0.207. The molecule has 1 heterocycles. The van der Waals surface area contributed by atoms with Crippen LogP contribution in [0.5, 0.6) is 0 Å². The zero-order valence-corrected chi connectivity index (χ0v) is 19.8. The summed E-state index contributed by atoms with van der Waals surface area (Å²) in [6.45, 7) is 5.54. The summed E-state index contributed by atoms with van der Waals surface area (Å²) in [4.78, 5) is 25.2. The first-order valence-corrected chi connectivity index (χ1v) is 12.3. The average molecular weight is 477 g/mol. The molecule has 1 N–H and O–H groups in total. The summed E-state index contributed by atoms with van der Waals surface area (Å²) < 4.78 is 45.4. The number of esters is 1. The van der Waals surface area contributed by atoms with Gasteiger partial charge in [-0.15, -0.1) is 0 Å². The molecule has 178 valence electrons. The Morgan fingerprint density at radius 3 is 2.18 bits per heavy atom. The van der Waals surface area contributed by atoms with Crippen molar-refractivity contribution in [3.05, 3.63) is 65.5 Å². The highest BCUT2D eigenvalue weighted by Crippen LogP contribution is 2.25. The average Bonchev–Trinajstić information content (AvgIpc) is 2.79. The molecule has 0 saturated carbocycles. The smallest absolute Gasteiger partial charge is 0.309 e. The van der Waals surface area contributed by atoms with Crippen molar-refractivity contribution in [2.45, 2.75) is 50.7 Å². The molecular formula is C24H29FN2O5S. The fourth-order valence-electron chi connectivity index (χ4n) is 3.68.